The minimum Gasteiger partial charge on any atom is -0.490 e. The van der Waals surface area contributed by atoms with Gasteiger partial charge in [-0.15, -0.1) is 0 Å². The van der Waals surface area contributed by atoms with Gasteiger partial charge in [0.05, 0.1) is 12.0 Å². The maximum atomic E-state index is 12.3. The van der Waals surface area contributed by atoms with Crippen molar-refractivity contribution in [1.82, 2.24) is 0 Å². The van der Waals surface area contributed by atoms with Gasteiger partial charge < -0.3 is 4.74 Å². The maximum absolute atomic E-state index is 12.3. The van der Waals surface area contributed by atoms with E-state index in [1.807, 2.05) is 0 Å². The van der Waals surface area contributed by atoms with Gasteiger partial charge in [-0.3, -0.25) is 14.9 Å². The van der Waals surface area contributed by atoms with Crippen molar-refractivity contribution >= 4 is 11.5 Å². The third-order valence-electron chi connectivity index (χ3n) is 3.64. The van der Waals surface area contributed by atoms with Crippen LogP contribution in [0.2, 0.25) is 0 Å². The average molecular weight is 263 g/mol. The second-order valence-corrected chi connectivity index (χ2v) is 4.84. The smallest absolute Gasteiger partial charge is 0.311 e. The van der Waals surface area contributed by atoms with Crippen molar-refractivity contribution in [2.24, 2.45) is 5.92 Å². The summed E-state index contributed by atoms with van der Waals surface area (Å²) in [5, 5.41) is 10.9. The van der Waals surface area contributed by atoms with E-state index in [1.165, 1.54) is 25.7 Å². The van der Waals surface area contributed by atoms with Gasteiger partial charge in [-0.05, 0) is 25.0 Å². The topological polar surface area (TPSA) is 69.4 Å². The fourth-order valence-corrected chi connectivity index (χ4v) is 2.59. The summed E-state index contributed by atoms with van der Waals surface area (Å²) in [7, 11) is 1.38. The molecule has 1 saturated carbocycles. The number of benzene rings is 1. The molecule has 0 radical (unpaired) electrons. The van der Waals surface area contributed by atoms with Gasteiger partial charge in [-0.2, -0.15) is 0 Å². The summed E-state index contributed by atoms with van der Waals surface area (Å²) in [5.41, 5.74) is 0.267. The van der Waals surface area contributed by atoms with E-state index in [0.29, 0.717) is 5.56 Å². The van der Waals surface area contributed by atoms with Gasteiger partial charge in [0.1, 0.15) is 0 Å². The predicted octanol–water partition coefficient (Wildman–Crippen LogP) is 3.37. The van der Waals surface area contributed by atoms with E-state index in [-0.39, 0.29) is 23.1 Å². The summed E-state index contributed by atoms with van der Waals surface area (Å²) in [5.74, 6) is 0.220. The zero-order chi connectivity index (χ0) is 13.8. The second kappa shape index (κ2) is 5.82. The fraction of sp³-hybridized carbons (Fsp3) is 0.500. The van der Waals surface area contributed by atoms with Gasteiger partial charge in [0, 0.05) is 17.5 Å². The summed E-state index contributed by atoms with van der Waals surface area (Å²) in [6, 6.07) is 4.44. The number of nitrogens with zero attached hydrogens (tertiary/aromatic N) is 1. The van der Waals surface area contributed by atoms with Crippen molar-refractivity contribution in [1.29, 1.82) is 0 Å². The van der Waals surface area contributed by atoms with Crippen molar-refractivity contribution in [3.63, 3.8) is 0 Å². The zero-order valence-corrected chi connectivity index (χ0v) is 10.9. The molecule has 1 aliphatic rings. The minimum atomic E-state index is -0.517. The van der Waals surface area contributed by atoms with Crippen LogP contribution < -0.4 is 4.74 Å². The van der Waals surface area contributed by atoms with Crippen LogP contribution in [0.25, 0.3) is 0 Å². The molecule has 0 amide bonds. The first-order valence-electron chi connectivity index (χ1n) is 6.50. The molecule has 1 aromatic rings. The molecule has 5 nitrogen and oxygen atoms in total. The van der Waals surface area contributed by atoms with E-state index in [1.54, 1.807) is 6.07 Å². The minimum absolute atomic E-state index is 0.0155. The molecule has 0 atom stereocenters. The van der Waals surface area contributed by atoms with E-state index in [4.69, 9.17) is 4.74 Å². The van der Waals surface area contributed by atoms with Gasteiger partial charge in [0.15, 0.2) is 11.5 Å². The van der Waals surface area contributed by atoms with E-state index in [2.05, 4.69) is 0 Å². The number of nitro groups is 1. The van der Waals surface area contributed by atoms with Crippen molar-refractivity contribution in [3.05, 3.63) is 33.9 Å². The van der Waals surface area contributed by atoms with Gasteiger partial charge in [-0.25, -0.2) is 0 Å². The molecule has 5 heteroatoms. The number of carbonyl (C=O) groups is 1. The maximum Gasteiger partial charge on any atom is 0.311 e. The van der Waals surface area contributed by atoms with Crippen LogP contribution in [-0.2, 0) is 0 Å². The lowest BCUT2D eigenvalue weighted by Gasteiger charge is -2.20. The van der Waals surface area contributed by atoms with Gasteiger partial charge in [-0.1, -0.05) is 19.3 Å². The van der Waals surface area contributed by atoms with Crippen molar-refractivity contribution < 1.29 is 14.5 Å². The van der Waals surface area contributed by atoms with Crippen LogP contribution in [0.1, 0.15) is 42.5 Å². The number of rotatable bonds is 4. The number of hydrogen-bond acceptors (Lipinski definition) is 4. The van der Waals surface area contributed by atoms with E-state index < -0.39 is 4.92 Å². The Morgan fingerprint density at radius 3 is 2.58 bits per heavy atom. The quantitative estimate of drug-likeness (QED) is 0.474. The number of carbonyl (C=O) groups excluding carboxylic acids is 1. The molecule has 1 fully saturated rings. The Balaban J connectivity index is 2.26. The van der Waals surface area contributed by atoms with Crippen LogP contribution in [0.3, 0.4) is 0 Å². The summed E-state index contributed by atoms with van der Waals surface area (Å²) >= 11 is 0. The molecule has 0 N–H and O–H groups in total. The normalized spacial score (nSPS) is 16.1. The molecular formula is C14H17NO4. The summed E-state index contributed by atoms with van der Waals surface area (Å²) in [4.78, 5) is 22.7. The number of Topliss-reactive ketones (excluding diaryl/α,β-unsaturated/α-hetero) is 1. The first kappa shape index (κ1) is 13.5. The lowest BCUT2D eigenvalue weighted by molar-refractivity contribution is -0.385. The van der Waals surface area contributed by atoms with Gasteiger partial charge >= 0.3 is 5.69 Å². The Morgan fingerprint density at radius 1 is 1.32 bits per heavy atom. The Hall–Kier alpha value is -1.91. The molecule has 1 aromatic carbocycles. The van der Waals surface area contributed by atoms with Gasteiger partial charge in [0.25, 0.3) is 0 Å². The SMILES string of the molecule is COc1ccc(C(=O)C2CCCCC2)cc1[N+](=O)[O-]. The third-order valence-corrected chi connectivity index (χ3v) is 3.64. The number of nitro benzene ring substituents is 1. The van der Waals surface area contributed by atoms with Crippen molar-refractivity contribution in [2.45, 2.75) is 32.1 Å². The molecule has 0 saturated heterocycles. The van der Waals surface area contributed by atoms with Crippen molar-refractivity contribution in [3.8, 4) is 5.75 Å². The van der Waals surface area contributed by atoms with Crippen LogP contribution >= 0.6 is 0 Å². The highest BCUT2D eigenvalue weighted by molar-refractivity contribution is 5.98. The Kier molecular flexibility index (Phi) is 4.14. The first-order valence-corrected chi connectivity index (χ1v) is 6.50. The molecule has 102 valence electrons. The Bertz CT molecular complexity index is 492. The van der Waals surface area contributed by atoms with Crippen LogP contribution in [-0.4, -0.2) is 17.8 Å². The van der Waals surface area contributed by atoms with Crippen LogP contribution in [0, 0.1) is 16.0 Å². The molecule has 0 aromatic heterocycles. The molecular weight excluding hydrogens is 246 g/mol. The molecule has 1 aliphatic carbocycles. The molecule has 19 heavy (non-hydrogen) atoms. The average Bonchev–Trinajstić information content (AvgIpc) is 2.46. The molecule has 0 unspecified atom stereocenters. The largest absolute Gasteiger partial charge is 0.490 e. The van der Waals surface area contributed by atoms with E-state index in [0.717, 1.165) is 25.7 Å². The number of ketones is 1. The lowest BCUT2D eigenvalue weighted by atomic mass is 9.84. The Labute approximate surface area is 111 Å². The Morgan fingerprint density at radius 2 is 2.00 bits per heavy atom. The fourth-order valence-electron chi connectivity index (χ4n) is 2.59. The second-order valence-electron chi connectivity index (χ2n) is 4.84. The highest BCUT2D eigenvalue weighted by Crippen LogP contribution is 2.31. The number of methoxy groups -OCH3 is 1. The standard InChI is InChI=1S/C14H17NO4/c1-19-13-8-7-11(9-12(13)15(17)18)14(16)10-5-3-2-4-6-10/h7-10H,2-6H2,1H3. The van der Waals surface area contributed by atoms with Gasteiger partial charge in [0.2, 0.25) is 0 Å². The number of hydrogen-bond donors (Lipinski definition) is 0. The monoisotopic (exact) mass is 263 g/mol. The molecule has 2 rings (SSSR count). The highest BCUT2D eigenvalue weighted by atomic mass is 16.6. The first-order chi connectivity index (χ1) is 9.13. The van der Waals surface area contributed by atoms with Crippen LogP contribution in [0.15, 0.2) is 18.2 Å². The molecule has 0 heterocycles. The van der Waals surface area contributed by atoms with E-state index in [9.17, 15) is 14.9 Å². The molecule has 0 bridgehead atoms. The van der Waals surface area contributed by atoms with E-state index >= 15 is 0 Å². The molecule has 0 aliphatic heterocycles. The highest BCUT2D eigenvalue weighted by Gasteiger charge is 2.25. The van der Waals surface area contributed by atoms with Crippen LogP contribution in [0.5, 0.6) is 5.75 Å². The third kappa shape index (κ3) is 2.92. The summed E-state index contributed by atoms with van der Waals surface area (Å²) in [6.07, 6.45) is 5.08. The van der Waals surface area contributed by atoms with Crippen molar-refractivity contribution in [2.75, 3.05) is 7.11 Å². The molecule has 0 spiro atoms. The zero-order valence-electron chi connectivity index (χ0n) is 10.9. The summed E-state index contributed by atoms with van der Waals surface area (Å²) in [6.45, 7) is 0. The summed E-state index contributed by atoms with van der Waals surface area (Å²) < 4.78 is 4.93. The predicted molar refractivity (Wildman–Crippen MR) is 70.6 cm³/mol. The lowest BCUT2D eigenvalue weighted by Crippen LogP contribution is -2.18. The number of ether oxygens (including phenoxy) is 1. The van der Waals surface area contributed by atoms with Crippen LogP contribution in [0.4, 0.5) is 5.69 Å².